The molecule has 2 aliphatic heterocycles. The molecule has 0 spiro atoms. The van der Waals surface area contributed by atoms with Gasteiger partial charge in [-0.1, -0.05) is 12.1 Å². The maximum atomic E-state index is 6.05. The first-order valence-electron chi connectivity index (χ1n) is 8.16. The Kier molecular flexibility index (Phi) is 4.78. The number of likely N-dealkylation sites (tertiary alicyclic amines) is 1. The molecule has 1 unspecified atom stereocenters. The number of hydrogen-bond acceptors (Lipinski definition) is 4. The minimum atomic E-state index is 0.304. The largest absolute Gasteiger partial charge is 0.493 e. The van der Waals surface area contributed by atoms with Crippen LogP contribution in [0.25, 0.3) is 0 Å². The van der Waals surface area contributed by atoms with Crippen molar-refractivity contribution in [1.82, 2.24) is 9.80 Å². The Morgan fingerprint density at radius 1 is 1.33 bits per heavy atom. The highest BCUT2D eigenvalue weighted by Gasteiger charge is 2.20. The molecule has 1 aromatic rings. The topological polar surface area (TPSA) is 41.7 Å². The first-order chi connectivity index (χ1) is 10.3. The van der Waals surface area contributed by atoms with Crippen LogP contribution in [0.2, 0.25) is 0 Å². The van der Waals surface area contributed by atoms with Crippen LogP contribution in [0.15, 0.2) is 18.2 Å². The number of fused-ring (bicyclic) bond motifs is 1. The van der Waals surface area contributed by atoms with E-state index in [0.717, 1.165) is 31.9 Å². The van der Waals surface area contributed by atoms with Crippen LogP contribution < -0.4 is 10.5 Å². The van der Waals surface area contributed by atoms with E-state index in [0.29, 0.717) is 12.6 Å². The summed E-state index contributed by atoms with van der Waals surface area (Å²) >= 11 is 0. The van der Waals surface area contributed by atoms with Crippen LogP contribution in [0.1, 0.15) is 30.0 Å². The maximum Gasteiger partial charge on any atom is 0.122 e. The molecule has 1 aromatic carbocycles. The predicted molar refractivity (Wildman–Crippen MR) is 85.7 cm³/mol. The van der Waals surface area contributed by atoms with Crippen LogP contribution in [0.4, 0.5) is 0 Å². The van der Waals surface area contributed by atoms with Gasteiger partial charge in [-0.3, -0.25) is 4.90 Å². The summed E-state index contributed by atoms with van der Waals surface area (Å²) in [5.74, 6) is 1.05. The van der Waals surface area contributed by atoms with Gasteiger partial charge in [-0.25, -0.2) is 0 Å². The van der Waals surface area contributed by atoms with Crippen molar-refractivity contribution in [3.8, 4) is 5.75 Å². The fraction of sp³-hybridized carbons (Fsp3) is 0.647. The molecule has 0 saturated carbocycles. The Morgan fingerprint density at radius 2 is 2.14 bits per heavy atom. The lowest BCUT2D eigenvalue weighted by Crippen LogP contribution is -2.36. The average molecular weight is 289 g/mol. The highest BCUT2D eigenvalue weighted by Crippen LogP contribution is 2.29. The van der Waals surface area contributed by atoms with Gasteiger partial charge in [0, 0.05) is 32.1 Å². The predicted octanol–water partition coefficient (Wildman–Crippen LogP) is 1.65. The molecule has 0 bridgehead atoms. The lowest BCUT2D eigenvalue weighted by molar-refractivity contribution is 0.209. The minimum Gasteiger partial charge on any atom is -0.493 e. The van der Waals surface area contributed by atoms with Crippen LogP contribution >= 0.6 is 0 Å². The summed E-state index contributed by atoms with van der Waals surface area (Å²) in [5.41, 5.74) is 8.71. The summed E-state index contributed by atoms with van der Waals surface area (Å²) in [7, 11) is 2.19. The second-order valence-electron chi connectivity index (χ2n) is 6.25. The molecule has 0 radical (unpaired) electrons. The molecule has 2 aliphatic rings. The molecule has 4 heteroatoms. The highest BCUT2D eigenvalue weighted by atomic mass is 16.5. The minimum absolute atomic E-state index is 0.304. The molecule has 0 aromatic heterocycles. The molecule has 21 heavy (non-hydrogen) atoms. The average Bonchev–Trinajstić information content (AvgIpc) is 3.16. The molecule has 2 N–H and O–H groups in total. The van der Waals surface area contributed by atoms with Gasteiger partial charge in [0.15, 0.2) is 0 Å². The van der Waals surface area contributed by atoms with Gasteiger partial charge < -0.3 is 15.4 Å². The van der Waals surface area contributed by atoms with Crippen molar-refractivity contribution in [2.45, 2.75) is 25.3 Å². The Bertz CT molecular complexity index is 471. The molecule has 2 heterocycles. The van der Waals surface area contributed by atoms with Gasteiger partial charge in [0.05, 0.1) is 6.61 Å². The van der Waals surface area contributed by atoms with Crippen molar-refractivity contribution in [2.75, 3.05) is 46.4 Å². The zero-order valence-corrected chi connectivity index (χ0v) is 13.1. The lowest BCUT2D eigenvalue weighted by Gasteiger charge is -2.29. The Hall–Kier alpha value is -1.10. The van der Waals surface area contributed by atoms with Crippen LogP contribution in [0.3, 0.4) is 0 Å². The van der Waals surface area contributed by atoms with Crippen LogP contribution in [0, 0.1) is 0 Å². The standard InChI is InChI=1S/C17H27N3O/c1-19(9-10-20-7-2-3-8-20)16(13-18)14-4-5-17-15(12-14)6-11-21-17/h4-5,12,16H,2-3,6-11,13,18H2,1H3. The molecule has 4 nitrogen and oxygen atoms in total. The van der Waals surface area contributed by atoms with Gasteiger partial charge in [0.1, 0.15) is 5.75 Å². The number of benzene rings is 1. The molecule has 0 amide bonds. The zero-order chi connectivity index (χ0) is 14.7. The lowest BCUT2D eigenvalue weighted by atomic mass is 10.0. The molecule has 3 rings (SSSR count). The van der Waals surface area contributed by atoms with Crippen molar-refractivity contribution in [1.29, 1.82) is 0 Å². The van der Waals surface area contributed by atoms with E-state index < -0.39 is 0 Å². The maximum absolute atomic E-state index is 6.05. The van der Waals surface area contributed by atoms with Crippen molar-refractivity contribution in [2.24, 2.45) is 5.73 Å². The fourth-order valence-electron chi connectivity index (χ4n) is 3.45. The second kappa shape index (κ2) is 6.77. The molecular formula is C17H27N3O. The summed E-state index contributed by atoms with van der Waals surface area (Å²) in [6, 6.07) is 6.87. The van der Waals surface area contributed by atoms with Gasteiger partial charge in [0.25, 0.3) is 0 Å². The monoisotopic (exact) mass is 289 g/mol. The van der Waals surface area contributed by atoms with E-state index in [9.17, 15) is 0 Å². The van der Waals surface area contributed by atoms with E-state index in [1.54, 1.807) is 0 Å². The zero-order valence-electron chi connectivity index (χ0n) is 13.1. The van der Waals surface area contributed by atoms with Crippen molar-refractivity contribution < 1.29 is 4.74 Å². The van der Waals surface area contributed by atoms with Gasteiger partial charge in [-0.2, -0.15) is 0 Å². The third-order valence-electron chi connectivity index (χ3n) is 4.82. The van der Waals surface area contributed by atoms with E-state index in [-0.39, 0.29) is 0 Å². The number of nitrogens with zero attached hydrogens (tertiary/aromatic N) is 2. The number of hydrogen-bond donors (Lipinski definition) is 1. The summed E-state index contributed by atoms with van der Waals surface area (Å²) in [4.78, 5) is 4.95. The first kappa shape index (κ1) is 14.8. The SMILES string of the molecule is CN(CCN1CCCC1)C(CN)c1ccc2c(c1)CCO2. The van der Waals surface area contributed by atoms with Crippen molar-refractivity contribution in [3.05, 3.63) is 29.3 Å². The van der Waals surface area contributed by atoms with Gasteiger partial charge in [-0.15, -0.1) is 0 Å². The van der Waals surface area contributed by atoms with Gasteiger partial charge in [-0.05, 0) is 50.2 Å². The molecule has 1 atom stereocenters. The van der Waals surface area contributed by atoms with E-state index in [4.69, 9.17) is 10.5 Å². The number of ether oxygens (including phenoxy) is 1. The molecule has 116 valence electrons. The normalized spacial score (nSPS) is 19.8. The van der Waals surface area contributed by atoms with E-state index in [2.05, 4.69) is 35.0 Å². The quantitative estimate of drug-likeness (QED) is 0.864. The summed E-state index contributed by atoms with van der Waals surface area (Å²) < 4.78 is 5.59. The molecule has 0 aliphatic carbocycles. The molecule has 1 saturated heterocycles. The Labute approximate surface area is 127 Å². The van der Waals surface area contributed by atoms with Crippen LogP contribution in [-0.2, 0) is 6.42 Å². The smallest absolute Gasteiger partial charge is 0.122 e. The van der Waals surface area contributed by atoms with Crippen molar-refractivity contribution in [3.63, 3.8) is 0 Å². The first-order valence-corrected chi connectivity index (χ1v) is 8.16. The summed E-state index contributed by atoms with van der Waals surface area (Å²) in [6.45, 7) is 6.23. The molecule has 1 fully saturated rings. The Morgan fingerprint density at radius 3 is 2.90 bits per heavy atom. The van der Waals surface area contributed by atoms with E-state index in [1.807, 2.05) is 0 Å². The summed E-state index contributed by atoms with van der Waals surface area (Å²) in [5, 5.41) is 0. The van der Waals surface area contributed by atoms with Gasteiger partial charge in [0.2, 0.25) is 0 Å². The van der Waals surface area contributed by atoms with Crippen LogP contribution in [-0.4, -0.2) is 56.2 Å². The number of nitrogens with two attached hydrogens (primary N) is 1. The van der Waals surface area contributed by atoms with Gasteiger partial charge >= 0.3 is 0 Å². The Balaban J connectivity index is 1.63. The third kappa shape index (κ3) is 3.39. The number of likely N-dealkylation sites (N-methyl/N-ethyl adjacent to an activating group) is 1. The third-order valence-corrected chi connectivity index (χ3v) is 4.82. The van der Waals surface area contributed by atoms with E-state index >= 15 is 0 Å². The van der Waals surface area contributed by atoms with E-state index in [1.165, 1.54) is 37.1 Å². The molecular weight excluding hydrogens is 262 g/mol. The number of rotatable bonds is 6. The highest BCUT2D eigenvalue weighted by molar-refractivity contribution is 5.40. The second-order valence-corrected chi connectivity index (χ2v) is 6.25. The summed E-state index contributed by atoms with van der Waals surface area (Å²) in [6.07, 6.45) is 3.74. The van der Waals surface area contributed by atoms with Crippen molar-refractivity contribution >= 4 is 0 Å². The van der Waals surface area contributed by atoms with Crippen LogP contribution in [0.5, 0.6) is 5.75 Å². The fourth-order valence-corrected chi connectivity index (χ4v) is 3.45.